The van der Waals surface area contributed by atoms with Gasteiger partial charge in [0.25, 0.3) is 0 Å². The van der Waals surface area contributed by atoms with Crippen LogP contribution in [-0.4, -0.2) is 52.4 Å². The number of carbonyl (C=O) groups is 2. The summed E-state index contributed by atoms with van der Waals surface area (Å²) in [6.07, 6.45) is 0.552. The summed E-state index contributed by atoms with van der Waals surface area (Å²) in [7, 11) is 0. The van der Waals surface area contributed by atoms with Crippen molar-refractivity contribution in [1.82, 2.24) is 15.5 Å². The molecule has 0 radical (unpaired) electrons. The van der Waals surface area contributed by atoms with Crippen LogP contribution in [0.1, 0.15) is 56.5 Å². The number of nitrogens with zero attached hydrogens (tertiary/aromatic N) is 1. The fraction of sp³-hybridized carbons (Fsp3) is 0.560. The van der Waals surface area contributed by atoms with Gasteiger partial charge in [-0.1, -0.05) is 44.2 Å². The van der Waals surface area contributed by atoms with Crippen LogP contribution in [0.25, 0.3) is 0 Å². The minimum absolute atomic E-state index is 0.116. The number of alkyl carbamates (subject to hydrolysis) is 1. The molecule has 3 rings (SSSR count). The predicted octanol–water partition coefficient (Wildman–Crippen LogP) is 4.35. The smallest absolute Gasteiger partial charge is 0.407 e. The topological polar surface area (TPSA) is 123 Å². The summed E-state index contributed by atoms with van der Waals surface area (Å²) >= 11 is 0. The van der Waals surface area contributed by atoms with E-state index in [4.69, 9.17) is 14.2 Å². The Hall–Kier alpha value is -2.91. The highest BCUT2D eigenvalue weighted by Gasteiger charge is 2.34. The van der Waals surface area contributed by atoms with Crippen LogP contribution in [0.2, 0.25) is 0 Å². The zero-order valence-corrected chi connectivity index (χ0v) is 20.5. The molecule has 0 spiro atoms. The van der Waals surface area contributed by atoms with Crippen molar-refractivity contribution in [3.63, 3.8) is 0 Å². The van der Waals surface area contributed by atoms with E-state index < -0.39 is 30.5 Å². The number of H-pyrrole nitrogens is 1. The van der Waals surface area contributed by atoms with Crippen molar-refractivity contribution >= 4 is 12.1 Å². The standard InChI is InChI=1S/C20H29NO6.C5H8N2/c1-14(2)12-16(18(19(22)23)27-17-10-6-7-11-25-17)21-20(24)26-13-15-8-4-3-5-9-15;1-4-3-5(2)7-6-4/h3-5,8-9,14,16-18H,6-7,10-13H2,1-2H3,(H,21,24)(H,22,23);3H,1-2H3,(H,6,7)/t16-,17?,18?;/m0./s1. The van der Waals surface area contributed by atoms with E-state index in [2.05, 4.69) is 15.5 Å². The van der Waals surface area contributed by atoms with Crippen LogP contribution >= 0.6 is 0 Å². The molecule has 3 N–H and O–H groups in total. The summed E-state index contributed by atoms with van der Waals surface area (Å²) in [5, 5.41) is 19.0. The van der Waals surface area contributed by atoms with E-state index in [1.54, 1.807) is 0 Å². The number of aliphatic carboxylic acids is 1. The molecule has 1 saturated heterocycles. The number of carboxylic acid groups (broad SMARTS) is 1. The molecule has 0 bridgehead atoms. The minimum atomic E-state index is -1.19. The van der Waals surface area contributed by atoms with E-state index in [0.717, 1.165) is 29.8 Å². The summed E-state index contributed by atoms with van der Waals surface area (Å²) in [4.78, 5) is 24.0. The largest absolute Gasteiger partial charge is 0.479 e. The van der Waals surface area contributed by atoms with E-state index in [9.17, 15) is 14.7 Å². The summed E-state index contributed by atoms with van der Waals surface area (Å²) in [5.74, 6) is -0.958. The van der Waals surface area contributed by atoms with Crippen LogP contribution < -0.4 is 5.32 Å². The monoisotopic (exact) mass is 475 g/mol. The Morgan fingerprint density at radius 1 is 1.24 bits per heavy atom. The minimum Gasteiger partial charge on any atom is -0.479 e. The van der Waals surface area contributed by atoms with Gasteiger partial charge in [0.15, 0.2) is 12.4 Å². The predicted molar refractivity (Wildman–Crippen MR) is 127 cm³/mol. The maximum Gasteiger partial charge on any atom is 0.407 e. The Bertz CT molecular complexity index is 848. The van der Waals surface area contributed by atoms with Gasteiger partial charge in [0, 0.05) is 12.3 Å². The number of aromatic nitrogens is 2. The van der Waals surface area contributed by atoms with Gasteiger partial charge in [-0.05, 0) is 57.1 Å². The Morgan fingerprint density at radius 2 is 1.97 bits per heavy atom. The van der Waals surface area contributed by atoms with E-state index in [0.29, 0.717) is 19.4 Å². The van der Waals surface area contributed by atoms with Gasteiger partial charge in [-0.2, -0.15) is 5.10 Å². The lowest BCUT2D eigenvalue weighted by Gasteiger charge is -2.31. The molecular weight excluding hydrogens is 438 g/mol. The number of aryl methyl sites for hydroxylation is 2. The molecule has 1 aliphatic heterocycles. The second-order valence-electron chi connectivity index (χ2n) is 8.83. The van der Waals surface area contributed by atoms with Gasteiger partial charge in [0.05, 0.1) is 11.7 Å². The molecule has 0 aliphatic carbocycles. The average Bonchev–Trinajstić information content (AvgIpc) is 3.19. The molecule has 2 unspecified atom stereocenters. The van der Waals surface area contributed by atoms with Crippen LogP contribution in [0.4, 0.5) is 4.79 Å². The molecule has 34 heavy (non-hydrogen) atoms. The van der Waals surface area contributed by atoms with Gasteiger partial charge in [0.2, 0.25) is 0 Å². The number of ether oxygens (including phenoxy) is 3. The number of carbonyl (C=O) groups excluding carboxylic acids is 1. The molecule has 1 aliphatic rings. The Labute approximate surface area is 201 Å². The number of carboxylic acids is 1. The molecular formula is C25H37N3O6. The van der Waals surface area contributed by atoms with Crippen LogP contribution in [0.15, 0.2) is 36.4 Å². The van der Waals surface area contributed by atoms with Crippen LogP contribution in [0.3, 0.4) is 0 Å². The van der Waals surface area contributed by atoms with Gasteiger partial charge < -0.3 is 24.6 Å². The second-order valence-corrected chi connectivity index (χ2v) is 8.83. The average molecular weight is 476 g/mol. The van der Waals surface area contributed by atoms with Crippen molar-refractivity contribution < 1.29 is 28.9 Å². The molecule has 2 heterocycles. The highest BCUT2D eigenvalue weighted by Crippen LogP contribution is 2.19. The normalized spacial score (nSPS) is 17.3. The van der Waals surface area contributed by atoms with Crippen molar-refractivity contribution in [3.05, 3.63) is 53.3 Å². The number of hydrogen-bond donors (Lipinski definition) is 3. The fourth-order valence-electron chi connectivity index (χ4n) is 3.54. The quantitative estimate of drug-likeness (QED) is 0.493. The highest BCUT2D eigenvalue weighted by atomic mass is 16.7. The number of aromatic amines is 1. The molecule has 1 aromatic heterocycles. The first-order valence-electron chi connectivity index (χ1n) is 11.7. The van der Waals surface area contributed by atoms with Gasteiger partial charge >= 0.3 is 12.1 Å². The summed E-state index contributed by atoms with van der Waals surface area (Å²) in [6, 6.07) is 10.6. The Kier molecular flexibility index (Phi) is 11.6. The van der Waals surface area contributed by atoms with E-state index in [1.165, 1.54) is 0 Å². The molecule has 1 amide bonds. The van der Waals surface area contributed by atoms with Gasteiger partial charge in [0.1, 0.15) is 6.61 Å². The zero-order valence-electron chi connectivity index (χ0n) is 20.5. The van der Waals surface area contributed by atoms with E-state index >= 15 is 0 Å². The number of nitrogens with one attached hydrogen (secondary N) is 2. The Morgan fingerprint density at radius 3 is 2.47 bits per heavy atom. The number of rotatable bonds is 9. The molecule has 1 aromatic carbocycles. The molecule has 188 valence electrons. The van der Waals surface area contributed by atoms with E-state index in [-0.39, 0.29) is 12.5 Å². The first-order chi connectivity index (χ1) is 16.2. The summed E-state index contributed by atoms with van der Waals surface area (Å²) in [6.45, 7) is 8.54. The maximum absolute atomic E-state index is 12.2. The third kappa shape index (κ3) is 10.4. The van der Waals surface area contributed by atoms with Crippen molar-refractivity contribution in [2.24, 2.45) is 5.92 Å². The van der Waals surface area contributed by atoms with Gasteiger partial charge in [-0.25, -0.2) is 9.59 Å². The fourth-order valence-corrected chi connectivity index (χ4v) is 3.54. The van der Waals surface area contributed by atoms with Crippen LogP contribution in [0, 0.1) is 19.8 Å². The zero-order chi connectivity index (χ0) is 24.9. The van der Waals surface area contributed by atoms with Crippen molar-refractivity contribution in [2.45, 2.75) is 78.4 Å². The third-order valence-corrected chi connectivity index (χ3v) is 5.12. The lowest BCUT2D eigenvalue weighted by molar-refractivity contribution is -0.205. The third-order valence-electron chi connectivity index (χ3n) is 5.12. The molecule has 0 saturated carbocycles. The first kappa shape index (κ1) is 27.3. The Balaban J connectivity index is 0.000000497. The molecule has 9 nitrogen and oxygen atoms in total. The summed E-state index contributed by atoms with van der Waals surface area (Å²) < 4.78 is 16.4. The molecule has 2 aromatic rings. The van der Waals surface area contributed by atoms with Crippen LogP contribution in [-0.2, 0) is 25.6 Å². The number of amides is 1. The highest BCUT2D eigenvalue weighted by molar-refractivity contribution is 5.75. The lowest BCUT2D eigenvalue weighted by atomic mass is 9.99. The maximum atomic E-state index is 12.2. The van der Waals surface area contributed by atoms with Crippen molar-refractivity contribution in [2.75, 3.05) is 6.61 Å². The molecule has 3 atom stereocenters. The van der Waals surface area contributed by atoms with E-state index in [1.807, 2.05) is 64.1 Å². The van der Waals surface area contributed by atoms with Gasteiger partial charge in [-0.15, -0.1) is 0 Å². The van der Waals surface area contributed by atoms with Crippen molar-refractivity contribution in [3.8, 4) is 0 Å². The van der Waals surface area contributed by atoms with Crippen molar-refractivity contribution in [1.29, 1.82) is 0 Å². The van der Waals surface area contributed by atoms with Gasteiger partial charge in [-0.3, -0.25) is 5.10 Å². The second kappa shape index (κ2) is 14.4. The number of hydrogen-bond acceptors (Lipinski definition) is 6. The summed E-state index contributed by atoms with van der Waals surface area (Å²) in [5.41, 5.74) is 3.03. The molecule has 1 fully saturated rings. The van der Waals surface area contributed by atoms with Crippen LogP contribution in [0.5, 0.6) is 0 Å². The number of benzene rings is 1. The molecule has 9 heteroatoms. The first-order valence-corrected chi connectivity index (χ1v) is 11.7. The lowest BCUT2D eigenvalue weighted by Crippen LogP contribution is -2.50. The SMILES string of the molecule is CC(C)C[C@H](NC(=O)OCc1ccccc1)C(OC1CCCCO1)C(=O)O.Cc1cc(C)[nH]n1.